The minimum atomic E-state index is -0.280. The van der Waals surface area contributed by atoms with Gasteiger partial charge in [-0.15, -0.1) is 11.3 Å². The summed E-state index contributed by atoms with van der Waals surface area (Å²) in [5.74, 6) is 0.145. The molecule has 0 saturated carbocycles. The second kappa shape index (κ2) is 8.20. The topological polar surface area (TPSA) is 80.3 Å². The molecule has 0 radical (unpaired) electrons. The lowest BCUT2D eigenvalue weighted by Crippen LogP contribution is -2.12. The molecule has 0 aliphatic rings. The molecule has 1 aromatic heterocycles. The molecule has 1 heterocycles. The fraction of sp³-hybridized carbons (Fsp3) is 0.105. The first-order valence-electron chi connectivity index (χ1n) is 7.94. The molecule has 138 valence electrons. The molecule has 0 spiro atoms. The molecule has 0 bridgehead atoms. The summed E-state index contributed by atoms with van der Waals surface area (Å²) in [6.45, 7) is 1.43. The van der Waals surface area contributed by atoms with Crippen molar-refractivity contribution in [3.05, 3.63) is 58.4 Å². The van der Waals surface area contributed by atoms with Crippen molar-refractivity contribution >= 4 is 45.6 Å². The van der Waals surface area contributed by atoms with Crippen molar-refractivity contribution in [3.8, 4) is 17.0 Å². The highest BCUT2D eigenvalue weighted by Crippen LogP contribution is 2.31. The number of carbonyl (C=O) groups excluding carboxylic acids is 2. The van der Waals surface area contributed by atoms with Gasteiger partial charge in [0, 0.05) is 29.1 Å². The summed E-state index contributed by atoms with van der Waals surface area (Å²) in [6, 6.07) is 12.0. The van der Waals surface area contributed by atoms with Crippen LogP contribution in [-0.2, 0) is 4.79 Å². The van der Waals surface area contributed by atoms with E-state index in [1.165, 1.54) is 18.3 Å². The van der Waals surface area contributed by atoms with Gasteiger partial charge in [0.2, 0.25) is 5.91 Å². The van der Waals surface area contributed by atoms with Crippen LogP contribution in [0.15, 0.2) is 47.8 Å². The monoisotopic (exact) mass is 401 g/mol. The third-order valence-electron chi connectivity index (χ3n) is 3.64. The number of benzene rings is 2. The maximum atomic E-state index is 12.4. The Morgan fingerprint density at radius 1 is 1.11 bits per heavy atom. The molecule has 3 aromatic rings. The van der Waals surface area contributed by atoms with Gasteiger partial charge in [-0.05, 0) is 42.5 Å². The summed E-state index contributed by atoms with van der Waals surface area (Å²) in [5, 5.41) is 8.24. The smallest absolute Gasteiger partial charge is 0.257 e. The van der Waals surface area contributed by atoms with E-state index in [2.05, 4.69) is 15.6 Å². The Morgan fingerprint density at radius 2 is 1.85 bits per heavy atom. The third kappa shape index (κ3) is 4.64. The van der Waals surface area contributed by atoms with Crippen molar-refractivity contribution < 1.29 is 14.3 Å². The first kappa shape index (κ1) is 18.9. The minimum Gasteiger partial charge on any atom is -0.495 e. The highest BCUT2D eigenvalue weighted by molar-refractivity contribution is 7.14. The summed E-state index contributed by atoms with van der Waals surface area (Å²) in [7, 11) is 1.56. The average Bonchev–Trinajstić information content (AvgIpc) is 3.10. The van der Waals surface area contributed by atoms with Gasteiger partial charge in [-0.2, -0.15) is 0 Å². The van der Waals surface area contributed by atoms with Gasteiger partial charge in [-0.1, -0.05) is 11.6 Å². The van der Waals surface area contributed by atoms with Crippen LogP contribution in [0.4, 0.5) is 10.8 Å². The summed E-state index contributed by atoms with van der Waals surface area (Å²) in [5.41, 5.74) is 2.64. The fourth-order valence-electron chi connectivity index (χ4n) is 2.37. The van der Waals surface area contributed by atoms with Gasteiger partial charge in [0.15, 0.2) is 5.13 Å². The summed E-state index contributed by atoms with van der Waals surface area (Å²) < 4.78 is 5.14. The fourth-order valence-corrected chi connectivity index (χ4v) is 3.34. The Morgan fingerprint density at radius 3 is 2.48 bits per heavy atom. The predicted octanol–water partition coefficient (Wildman–Crippen LogP) is 4.68. The molecule has 0 aliphatic heterocycles. The highest BCUT2D eigenvalue weighted by atomic mass is 35.5. The van der Waals surface area contributed by atoms with E-state index in [9.17, 15) is 9.59 Å². The predicted molar refractivity (Wildman–Crippen MR) is 108 cm³/mol. The molecule has 0 atom stereocenters. The van der Waals surface area contributed by atoms with Crippen molar-refractivity contribution in [2.24, 2.45) is 0 Å². The lowest BCUT2D eigenvalue weighted by atomic mass is 10.2. The molecule has 3 rings (SSSR count). The number of rotatable bonds is 5. The van der Waals surface area contributed by atoms with Crippen LogP contribution < -0.4 is 15.4 Å². The third-order valence-corrected chi connectivity index (χ3v) is 4.69. The van der Waals surface area contributed by atoms with E-state index in [1.807, 2.05) is 11.4 Å². The van der Waals surface area contributed by atoms with E-state index in [-0.39, 0.29) is 11.8 Å². The maximum absolute atomic E-state index is 12.4. The van der Waals surface area contributed by atoms with Crippen LogP contribution in [0.5, 0.6) is 5.75 Å². The number of thiazole rings is 1. The first-order chi connectivity index (χ1) is 13.0. The standard InChI is InChI=1S/C19H16ClN3O3S/c1-11(24)21-14-6-3-12(4-7-14)18(25)23-19-22-16(10-27-19)13-5-8-17(26-2)15(20)9-13/h3-10H,1-2H3,(H,21,24)(H,22,23,25). The van der Waals surface area contributed by atoms with E-state index >= 15 is 0 Å². The molecule has 2 aromatic carbocycles. The van der Waals surface area contributed by atoms with E-state index in [0.29, 0.717) is 32.8 Å². The van der Waals surface area contributed by atoms with Gasteiger partial charge in [0.1, 0.15) is 5.75 Å². The van der Waals surface area contributed by atoms with Gasteiger partial charge in [0.25, 0.3) is 5.91 Å². The van der Waals surface area contributed by atoms with Crippen LogP contribution >= 0.6 is 22.9 Å². The van der Waals surface area contributed by atoms with E-state index < -0.39 is 0 Å². The molecule has 2 amide bonds. The number of nitrogens with zero attached hydrogens (tertiary/aromatic N) is 1. The number of carbonyl (C=O) groups is 2. The van der Waals surface area contributed by atoms with E-state index in [1.54, 1.807) is 43.5 Å². The number of hydrogen-bond donors (Lipinski definition) is 2. The number of anilines is 2. The van der Waals surface area contributed by atoms with Crippen molar-refractivity contribution in [1.29, 1.82) is 0 Å². The number of methoxy groups -OCH3 is 1. The highest BCUT2D eigenvalue weighted by Gasteiger charge is 2.11. The van der Waals surface area contributed by atoms with Crippen molar-refractivity contribution in [2.75, 3.05) is 17.7 Å². The summed E-state index contributed by atoms with van der Waals surface area (Å²) >= 11 is 7.47. The summed E-state index contributed by atoms with van der Waals surface area (Å²) in [6.07, 6.45) is 0. The number of aromatic nitrogens is 1. The van der Waals surface area contributed by atoms with Crippen molar-refractivity contribution in [1.82, 2.24) is 4.98 Å². The Kier molecular flexibility index (Phi) is 5.73. The van der Waals surface area contributed by atoms with Gasteiger partial charge in [0.05, 0.1) is 17.8 Å². The van der Waals surface area contributed by atoms with E-state index in [4.69, 9.17) is 16.3 Å². The molecule has 2 N–H and O–H groups in total. The van der Waals surface area contributed by atoms with Crippen LogP contribution in [0, 0.1) is 0 Å². The molecule has 0 aliphatic carbocycles. The van der Waals surface area contributed by atoms with Gasteiger partial charge < -0.3 is 10.1 Å². The zero-order valence-electron chi connectivity index (χ0n) is 14.6. The molecule has 0 unspecified atom stereocenters. The first-order valence-corrected chi connectivity index (χ1v) is 9.20. The number of amides is 2. The lowest BCUT2D eigenvalue weighted by molar-refractivity contribution is -0.114. The molecular formula is C19H16ClN3O3S. The maximum Gasteiger partial charge on any atom is 0.257 e. The van der Waals surface area contributed by atoms with Crippen LogP contribution in [-0.4, -0.2) is 23.9 Å². The Balaban J connectivity index is 1.70. The zero-order chi connectivity index (χ0) is 19.4. The second-order valence-electron chi connectivity index (χ2n) is 5.60. The molecule has 0 fully saturated rings. The van der Waals surface area contributed by atoms with Crippen molar-refractivity contribution in [2.45, 2.75) is 6.92 Å². The van der Waals surface area contributed by atoms with Crippen LogP contribution in [0.3, 0.4) is 0 Å². The molecular weight excluding hydrogens is 386 g/mol. The summed E-state index contributed by atoms with van der Waals surface area (Å²) in [4.78, 5) is 27.8. The van der Waals surface area contributed by atoms with Crippen LogP contribution in [0.25, 0.3) is 11.3 Å². The largest absolute Gasteiger partial charge is 0.495 e. The Hall–Kier alpha value is -2.90. The van der Waals surface area contributed by atoms with Gasteiger partial charge >= 0.3 is 0 Å². The number of ether oxygens (including phenoxy) is 1. The SMILES string of the molecule is COc1ccc(-c2csc(NC(=O)c3ccc(NC(C)=O)cc3)n2)cc1Cl. The van der Waals surface area contributed by atoms with Gasteiger partial charge in [-0.3, -0.25) is 14.9 Å². The normalized spacial score (nSPS) is 10.3. The molecule has 27 heavy (non-hydrogen) atoms. The van der Waals surface area contributed by atoms with Crippen LogP contribution in [0.2, 0.25) is 5.02 Å². The number of hydrogen-bond acceptors (Lipinski definition) is 5. The quantitative estimate of drug-likeness (QED) is 0.650. The zero-order valence-corrected chi connectivity index (χ0v) is 16.1. The Labute approximate surface area is 165 Å². The van der Waals surface area contributed by atoms with Crippen LogP contribution in [0.1, 0.15) is 17.3 Å². The molecule has 6 nitrogen and oxygen atoms in total. The van der Waals surface area contributed by atoms with Crippen molar-refractivity contribution in [3.63, 3.8) is 0 Å². The lowest BCUT2D eigenvalue weighted by Gasteiger charge is -2.05. The second-order valence-corrected chi connectivity index (χ2v) is 6.87. The van der Waals surface area contributed by atoms with Gasteiger partial charge in [-0.25, -0.2) is 4.98 Å². The number of nitrogens with one attached hydrogen (secondary N) is 2. The number of halogens is 1. The molecule has 0 saturated heterocycles. The molecule has 8 heteroatoms. The average molecular weight is 402 g/mol. The Bertz CT molecular complexity index is 986. The van der Waals surface area contributed by atoms with E-state index in [0.717, 1.165) is 5.56 Å². The minimum absolute atomic E-state index is 0.166.